The Morgan fingerprint density at radius 3 is 2.68 bits per heavy atom. The average Bonchev–Trinajstić information content (AvgIpc) is 2.54. The molecule has 2 aromatic carbocycles. The summed E-state index contributed by atoms with van der Waals surface area (Å²) in [7, 11) is 0. The molecule has 114 valence electrons. The van der Waals surface area contributed by atoms with Crippen LogP contribution in [-0.4, -0.2) is 12.5 Å². The van der Waals surface area contributed by atoms with Crippen LogP contribution in [0.15, 0.2) is 42.5 Å². The maximum atomic E-state index is 11.8. The summed E-state index contributed by atoms with van der Waals surface area (Å²) in [6.07, 6.45) is 1.54. The molecule has 3 rings (SSSR count). The van der Waals surface area contributed by atoms with Gasteiger partial charge in [0.1, 0.15) is 0 Å². The highest BCUT2D eigenvalue weighted by Crippen LogP contribution is 2.33. The minimum absolute atomic E-state index is 0.0595. The lowest BCUT2D eigenvalue weighted by Crippen LogP contribution is -2.31. The first-order valence-electron chi connectivity index (χ1n) is 7.90. The van der Waals surface area contributed by atoms with Crippen molar-refractivity contribution in [2.24, 2.45) is 0 Å². The van der Waals surface area contributed by atoms with E-state index < -0.39 is 0 Å². The predicted molar refractivity (Wildman–Crippen MR) is 91.3 cm³/mol. The van der Waals surface area contributed by atoms with E-state index in [-0.39, 0.29) is 5.91 Å². The third kappa shape index (κ3) is 2.84. The molecule has 1 aliphatic heterocycles. The van der Waals surface area contributed by atoms with Gasteiger partial charge in [0.2, 0.25) is 5.91 Å². The van der Waals surface area contributed by atoms with Gasteiger partial charge in [-0.25, -0.2) is 0 Å². The van der Waals surface area contributed by atoms with Gasteiger partial charge in [0, 0.05) is 19.5 Å². The molecule has 1 N–H and O–H groups in total. The average molecular weight is 294 g/mol. The zero-order valence-corrected chi connectivity index (χ0v) is 13.2. The summed E-state index contributed by atoms with van der Waals surface area (Å²) in [6.45, 7) is 5.87. The second-order valence-corrected chi connectivity index (χ2v) is 5.81. The Hall–Kier alpha value is -2.29. The normalized spacial score (nSPS) is 13.6. The van der Waals surface area contributed by atoms with Crippen molar-refractivity contribution in [2.75, 3.05) is 16.8 Å². The third-order valence-corrected chi connectivity index (χ3v) is 4.28. The number of nitrogens with one attached hydrogen (secondary N) is 1. The first-order chi connectivity index (χ1) is 10.7. The van der Waals surface area contributed by atoms with E-state index in [0.29, 0.717) is 6.42 Å². The molecule has 1 amide bonds. The van der Waals surface area contributed by atoms with Crippen molar-refractivity contribution >= 4 is 17.3 Å². The smallest absolute Gasteiger partial charge is 0.224 e. The Labute approximate surface area is 132 Å². The van der Waals surface area contributed by atoms with E-state index in [2.05, 4.69) is 47.5 Å². The lowest BCUT2D eigenvalue weighted by atomic mass is 9.98. The molecule has 1 heterocycles. The van der Waals surface area contributed by atoms with Crippen LogP contribution in [0.2, 0.25) is 0 Å². The van der Waals surface area contributed by atoms with E-state index in [0.717, 1.165) is 30.9 Å². The van der Waals surface area contributed by atoms with Crippen molar-refractivity contribution in [3.8, 4) is 0 Å². The predicted octanol–water partition coefficient (Wildman–Crippen LogP) is 3.91. The molecule has 3 nitrogen and oxygen atoms in total. The number of hydrogen-bond donors (Lipinski definition) is 1. The lowest BCUT2D eigenvalue weighted by Gasteiger charge is -2.33. The van der Waals surface area contributed by atoms with Crippen LogP contribution in [0.5, 0.6) is 0 Å². The maximum Gasteiger partial charge on any atom is 0.224 e. The molecule has 0 aliphatic carbocycles. The van der Waals surface area contributed by atoms with Crippen molar-refractivity contribution in [3.05, 3.63) is 59.2 Å². The molecular weight excluding hydrogens is 272 g/mol. The van der Waals surface area contributed by atoms with Crippen molar-refractivity contribution in [1.82, 2.24) is 0 Å². The Kier molecular flexibility index (Phi) is 4.14. The van der Waals surface area contributed by atoms with Crippen LogP contribution in [0.4, 0.5) is 11.4 Å². The summed E-state index contributed by atoms with van der Waals surface area (Å²) in [5.74, 6) is 0.0595. The number of nitrogens with zero attached hydrogens (tertiary/aromatic N) is 1. The molecule has 0 radical (unpaired) electrons. The van der Waals surface area contributed by atoms with Gasteiger partial charge in [0.05, 0.1) is 11.4 Å². The molecule has 3 heteroatoms. The lowest BCUT2D eigenvalue weighted by molar-refractivity contribution is -0.115. The van der Waals surface area contributed by atoms with E-state index in [4.69, 9.17) is 0 Å². The molecule has 22 heavy (non-hydrogen) atoms. The molecule has 1 aliphatic rings. The molecule has 0 bridgehead atoms. The zero-order chi connectivity index (χ0) is 15.5. The molecule has 2 aromatic rings. The van der Waals surface area contributed by atoms with E-state index in [1.807, 2.05) is 19.1 Å². The number of carbonyl (C=O) groups is 1. The van der Waals surface area contributed by atoms with Crippen LogP contribution < -0.4 is 10.2 Å². The SMILES string of the molecule is CCC(=O)Nc1cccc(C)c1N1CCc2ccccc2C1. The molecule has 0 unspecified atom stereocenters. The van der Waals surface area contributed by atoms with Crippen LogP contribution in [0, 0.1) is 6.92 Å². The summed E-state index contributed by atoms with van der Waals surface area (Å²) in [6, 6.07) is 14.7. The van der Waals surface area contributed by atoms with Gasteiger partial charge in [-0.15, -0.1) is 0 Å². The summed E-state index contributed by atoms with van der Waals surface area (Å²) in [5, 5.41) is 3.04. The molecule has 0 saturated carbocycles. The molecule has 0 atom stereocenters. The van der Waals surface area contributed by atoms with Crippen molar-refractivity contribution in [3.63, 3.8) is 0 Å². The van der Waals surface area contributed by atoms with E-state index in [1.54, 1.807) is 0 Å². The molecule has 0 fully saturated rings. The molecule has 0 spiro atoms. The maximum absolute atomic E-state index is 11.8. The van der Waals surface area contributed by atoms with Gasteiger partial charge in [-0.1, -0.05) is 43.3 Å². The number of para-hydroxylation sites is 1. The van der Waals surface area contributed by atoms with Crippen LogP contribution in [-0.2, 0) is 17.8 Å². The van der Waals surface area contributed by atoms with Crippen LogP contribution in [0.1, 0.15) is 30.0 Å². The fourth-order valence-corrected chi connectivity index (χ4v) is 3.10. The highest BCUT2D eigenvalue weighted by molar-refractivity contribution is 5.94. The van der Waals surface area contributed by atoms with Gasteiger partial charge in [-0.05, 0) is 36.1 Å². The van der Waals surface area contributed by atoms with Crippen LogP contribution in [0.25, 0.3) is 0 Å². The second-order valence-electron chi connectivity index (χ2n) is 5.81. The van der Waals surface area contributed by atoms with E-state index >= 15 is 0 Å². The Morgan fingerprint density at radius 1 is 1.14 bits per heavy atom. The molecular formula is C19H22N2O. The van der Waals surface area contributed by atoms with Gasteiger partial charge >= 0.3 is 0 Å². The Morgan fingerprint density at radius 2 is 1.91 bits per heavy atom. The van der Waals surface area contributed by atoms with Crippen molar-refractivity contribution < 1.29 is 4.79 Å². The minimum atomic E-state index is 0.0595. The summed E-state index contributed by atoms with van der Waals surface area (Å²) in [4.78, 5) is 14.2. The fraction of sp³-hybridized carbons (Fsp3) is 0.316. The van der Waals surface area contributed by atoms with Gasteiger partial charge in [-0.3, -0.25) is 4.79 Å². The minimum Gasteiger partial charge on any atom is -0.365 e. The largest absolute Gasteiger partial charge is 0.365 e. The van der Waals surface area contributed by atoms with E-state index in [1.165, 1.54) is 16.7 Å². The topological polar surface area (TPSA) is 32.3 Å². The number of fused-ring (bicyclic) bond motifs is 1. The Bertz CT molecular complexity index is 694. The number of rotatable bonds is 3. The number of hydrogen-bond acceptors (Lipinski definition) is 2. The van der Waals surface area contributed by atoms with Gasteiger partial charge < -0.3 is 10.2 Å². The number of amides is 1. The first-order valence-corrected chi connectivity index (χ1v) is 7.90. The van der Waals surface area contributed by atoms with Crippen LogP contribution >= 0.6 is 0 Å². The van der Waals surface area contributed by atoms with Gasteiger partial charge in [0.25, 0.3) is 0 Å². The van der Waals surface area contributed by atoms with E-state index in [9.17, 15) is 4.79 Å². The Balaban J connectivity index is 1.93. The van der Waals surface area contributed by atoms with Gasteiger partial charge in [-0.2, -0.15) is 0 Å². The summed E-state index contributed by atoms with van der Waals surface area (Å²) < 4.78 is 0. The summed E-state index contributed by atoms with van der Waals surface area (Å²) in [5.41, 5.74) is 6.09. The first kappa shape index (κ1) is 14.6. The number of anilines is 2. The van der Waals surface area contributed by atoms with Crippen molar-refractivity contribution in [2.45, 2.75) is 33.2 Å². The van der Waals surface area contributed by atoms with Crippen molar-refractivity contribution in [1.29, 1.82) is 0 Å². The summed E-state index contributed by atoms with van der Waals surface area (Å²) >= 11 is 0. The molecule has 0 saturated heterocycles. The number of carbonyl (C=O) groups excluding carboxylic acids is 1. The standard InChI is InChI=1S/C19H22N2O/c1-3-18(22)20-17-10-6-7-14(2)19(17)21-12-11-15-8-4-5-9-16(15)13-21/h4-10H,3,11-13H2,1-2H3,(H,20,22). The molecule has 0 aromatic heterocycles. The highest BCUT2D eigenvalue weighted by atomic mass is 16.1. The van der Waals surface area contributed by atoms with Gasteiger partial charge in [0.15, 0.2) is 0 Å². The van der Waals surface area contributed by atoms with Crippen LogP contribution in [0.3, 0.4) is 0 Å². The monoisotopic (exact) mass is 294 g/mol. The highest BCUT2D eigenvalue weighted by Gasteiger charge is 2.20. The second kappa shape index (κ2) is 6.22. The fourth-order valence-electron chi connectivity index (χ4n) is 3.10. The quantitative estimate of drug-likeness (QED) is 0.931. The zero-order valence-electron chi connectivity index (χ0n) is 13.2. The number of aryl methyl sites for hydroxylation is 1. The number of benzene rings is 2. The third-order valence-electron chi connectivity index (χ3n) is 4.28.